The van der Waals surface area contributed by atoms with Crippen molar-refractivity contribution in [2.75, 3.05) is 11.9 Å². The van der Waals surface area contributed by atoms with Gasteiger partial charge in [-0.1, -0.05) is 6.08 Å². The number of rotatable bonds is 5. The van der Waals surface area contributed by atoms with Gasteiger partial charge in [0.2, 0.25) is 11.8 Å². The van der Waals surface area contributed by atoms with Crippen LogP contribution in [0.4, 0.5) is 24.5 Å². The third kappa shape index (κ3) is 3.31. The van der Waals surface area contributed by atoms with Crippen LogP contribution in [0.15, 0.2) is 47.5 Å². The Labute approximate surface area is 168 Å². The van der Waals surface area contributed by atoms with Crippen molar-refractivity contribution >= 4 is 17.3 Å². The van der Waals surface area contributed by atoms with Gasteiger partial charge in [-0.05, 0) is 30.7 Å². The normalized spacial score (nSPS) is 19.0. The number of hydrogen-bond acceptors (Lipinski definition) is 6. The molecule has 0 unspecified atom stereocenters. The summed E-state index contributed by atoms with van der Waals surface area (Å²) in [4.78, 5) is 12.3. The third-order valence-electron chi connectivity index (χ3n) is 4.89. The van der Waals surface area contributed by atoms with Gasteiger partial charge in [0.05, 0.1) is 11.3 Å². The molecule has 1 aliphatic rings. The number of hydrogen-bond donors (Lipinski definition) is 2. The largest absolute Gasteiger partial charge is 0.418 e. The fourth-order valence-electron chi connectivity index (χ4n) is 3.27. The highest BCUT2D eigenvalue weighted by Crippen LogP contribution is 2.36. The van der Waals surface area contributed by atoms with Crippen LogP contribution in [-0.4, -0.2) is 32.4 Å². The van der Waals surface area contributed by atoms with Crippen molar-refractivity contribution in [2.45, 2.75) is 18.0 Å². The summed E-state index contributed by atoms with van der Waals surface area (Å²) in [6.07, 6.45) is -0.865. The predicted molar refractivity (Wildman–Crippen MR) is 101 cm³/mol. The van der Waals surface area contributed by atoms with E-state index in [1.807, 2.05) is 0 Å². The van der Waals surface area contributed by atoms with E-state index in [0.29, 0.717) is 30.0 Å². The Kier molecular flexibility index (Phi) is 4.60. The Morgan fingerprint density at radius 3 is 2.63 bits per heavy atom. The molecule has 0 spiro atoms. The van der Waals surface area contributed by atoms with E-state index in [0.717, 1.165) is 12.1 Å². The Hall–Kier alpha value is -3.63. The Balaban J connectivity index is 1.64. The van der Waals surface area contributed by atoms with Crippen molar-refractivity contribution in [2.24, 2.45) is 7.05 Å². The van der Waals surface area contributed by atoms with Crippen LogP contribution in [0.3, 0.4) is 0 Å². The smallest absolute Gasteiger partial charge is 0.416 e. The van der Waals surface area contributed by atoms with Gasteiger partial charge < -0.3 is 15.1 Å². The van der Waals surface area contributed by atoms with Gasteiger partial charge in [0.15, 0.2) is 5.69 Å². The molecule has 11 heteroatoms. The lowest BCUT2D eigenvalue weighted by molar-refractivity contribution is -0.137. The first-order valence-corrected chi connectivity index (χ1v) is 8.97. The molecule has 4 rings (SSSR count). The van der Waals surface area contributed by atoms with Crippen LogP contribution < -0.4 is 10.6 Å². The number of carbonyl (C=O) groups excluding carboxylic acids is 1. The molecule has 156 valence electrons. The van der Waals surface area contributed by atoms with E-state index < -0.39 is 17.2 Å². The van der Waals surface area contributed by atoms with E-state index in [-0.39, 0.29) is 17.7 Å². The summed E-state index contributed by atoms with van der Waals surface area (Å²) in [5.74, 6) is -0.0913. The molecule has 0 aliphatic carbocycles. The fraction of sp³-hybridized carbons (Fsp3) is 0.263. The van der Waals surface area contributed by atoms with Gasteiger partial charge in [-0.2, -0.15) is 18.3 Å². The first-order valence-electron chi connectivity index (χ1n) is 8.97. The molecule has 0 radical (unpaired) electrons. The number of nitrogens with one attached hydrogen (secondary N) is 2. The quantitative estimate of drug-likeness (QED) is 0.618. The molecule has 1 amide bonds. The number of carbonyl (C=O) groups is 1. The van der Waals surface area contributed by atoms with Crippen molar-refractivity contribution in [3.63, 3.8) is 0 Å². The SMILES string of the molecule is C=C[C@]1(c2nnc(-c3nn(C)cc3Nc3ccc(C(F)(F)F)cc3)o2)CCNC1=O. The van der Waals surface area contributed by atoms with Crippen LogP contribution in [0.1, 0.15) is 17.9 Å². The predicted octanol–water partition coefficient (Wildman–Crippen LogP) is 3.18. The minimum absolute atomic E-state index is 0.0703. The first-order chi connectivity index (χ1) is 14.2. The van der Waals surface area contributed by atoms with E-state index in [4.69, 9.17) is 4.42 Å². The zero-order chi connectivity index (χ0) is 21.5. The maximum atomic E-state index is 12.8. The molecule has 1 aromatic carbocycles. The summed E-state index contributed by atoms with van der Waals surface area (Å²) in [5, 5.41) is 18.0. The second-order valence-corrected chi connectivity index (χ2v) is 6.86. The molecule has 0 bridgehead atoms. The molecular weight excluding hydrogens is 401 g/mol. The topological polar surface area (TPSA) is 97.9 Å². The van der Waals surface area contributed by atoms with Crippen molar-refractivity contribution in [3.05, 3.63) is 54.6 Å². The average Bonchev–Trinajstić information content (AvgIpc) is 3.40. The van der Waals surface area contributed by atoms with Crippen LogP contribution in [-0.2, 0) is 23.4 Å². The van der Waals surface area contributed by atoms with Gasteiger partial charge >= 0.3 is 6.18 Å². The lowest BCUT2D eigenvalue weighted by Crippen LogP contribution is -2.33. The molecule has 1 atom stereocenters. The number of amides is 1. The van der Waals surface area contributed by atoms with Crippen molar-refractivity contribution < 1.29 is 22.4 Å². The van der Waals surface area contributed by atoms with Crippen LogP contribution >= 0.6 is 0 Å². The minimum Gasteiger partial charge on any atom is -0.418 e. The van der Waals surface area contributed by atoms with Gasteiger partial charge in [0.1, 0.15) is 5.41 Å². The van der Waals surface area contributed by atoms with Gasteiger partial charge in [-0.3, -0.25) is 9.48 Å². The summed E-state index contributed by atoms with van der Waals surface area (Å²) in [7, 11) is 1.67. The summed E-state index contributed by atoms with van der Waals surface area (Å²) in [6.45, 7) is 4.19. The standard InChI is InChI=1S/C19H17F3N6O2/c1-3-18(8-9-23-16(18)29)17-26-25-15(30-17)14-13(10-28(2)27-14)24-12-6-4-11(5-7-12)19(20,21)22/h3-7,10,24H,1,8-9H2,2H3,(H,23,29)/t18-/m0/s1. The molecular formula is C19H17F3N6O2. The minimum atomic E-state index is -4.41. The summed E-state index contributed by atoms with van der Waals surface area (Å²) in [5.41, 5.74) is -0.661. The number of nitrogens with zero attached hydrogens (tertiary/aromatic N) is 4. The third-order valence-corrected chi connectivity index (χ3v) is 4.89. The van der Waals surface area contributed by atoms with Gasteiger partial charge in [-0.25, -0.2) is 0 Å². The monoisotopic (exact) mass is 418 g/mol. The molecule has 2 N–H and O–H groups in total. The van der Waals surface area contributed by atoms with Crippen LogP contribution in [0.2, 0.25) is 0 Å². The summed E-state index contributed by atoms with van der Waals surface area (Å²) >= 11 is 0. The van der Waals surface area contributed by atoms with E-state index in [1.54, 1.807) is 13.2 Å². The van der Waals surface area contributed by atoms with Crippen molar-refractivity contribution in [3.8, 4) is 11.6 Å². The molecule has 0 saturated carbocycles. The number of halogens is 3. The lowest BCUT2D eigenvalue weighted by Gasteiger charge is -2.15. The number of aryl methyl sites for hydroxylation is 1. The zero-order valence-corrected chi connectivity index (χ0v) is 15.8. The molecule has 1 aliphatic heterocycles. The number of benzene rings is 1. The highest BCUT2D eigenvalue weighted by Gasteiger charge is 2.46. The molecule has 1 saturated heterocycles. The molecule has 8 nitrogen and oxygen atoms in total. The van der Waals surface area contributed by atoms with Crippen LogP contribution in [0, 0.1) is 0 Å². The fourth-order valence-corrected chi connectivity index (χ4v) is 3.27. The van der Waals surface area contributed by atoms with Crippen LogP contribution in [0.5, 0.6) is 0 Å². The second-order valence-electron chi connectivity index (χ2n) is 6.86. The van der Waals surface area contributed by atoms with Crippen molar-refractivity contribution in [1.29, 1.82) is 0 Å². The Morgan fingerprint density at radius 1 is 1.30 bits per heavy atom. The lowest BCUT2D eigenvalue weighted by atomic mass is 9.86. The van der Waals surface area contributed by atoms with Crippen molar-refractivity contribution in [1.82, 2.24) is 25.3 Å². The van der Waals surface area contributed by atoms with Gasteiger partial charge in [-0.15, -0.1) is 16.8 Å². The highest BCUT2D eigenvalue weighted by molar-refractivity contribution is 5.91. The molecule has 1 fully saturated rings. The highest BCUT2D eigenvalue weighted by atomic mass is 19.4. The summed E-state index contributed by atoms with van der Waals surface area (Å²) in [6, 6.07) is 4.59. The molecule has 3 aromatic rings. The first kappa shape index (κ1) is 19.7. The molecule has 2 aromatic heterocycles. The molecule has 3 heterocycles. The zero-order valence-electron chi connectivity index (χ0n) is 15.8. The number of alkyl halides is 3. The van der Waals surface area contributed by atoms with Crippen LogP contribution in [0.25, 0.3) is 11.6 Å². The van der Waals surface area contributed by atoms with E-state index in [9.17, 15) is 18.0 Å². The number of anilines is 2. The Bertz CT molecular complexity index is 1100. The summed E-state index contributed by atoms with van der Waals surface area (Å²) < 4.78 is 45.5. The van der Waals surface area contributed by atoms with E-state index in [1.165, 1.54) is 22.9 Å². The average molecular weight is 418 g/mol. The van der Waals surface area contributed by atoms with E-state index in [2.05, 4.69) is 32.5 Å². The maximum absolute atomic E-state index is 12.8. The number of aromatic nitrogens is 4. The Morgan fingerprint density at radius 2 is 2.03 bits per heavy atom. The van der Waals surface area contributed by atoms with E-state index >= 15 is 0 Å². The van der Waals surface area contributed by atoms with Gasteiger partial charge in [0, 0.05) is 25.5 Å². The van der Waals surface area contributed by atoms with Gasteiger partial charge in [0.25, 0.3) is 5.89 Å². The maximum Gasteiger partial charge on any atom is 0.416 e. The molecule has 30 heavy (non-hydrogen) atoms. The second kappa shape index (κ2) is 7.01.